The van der Waals surface area contributed by atoms with Gasteiger partial charge in [-0.15, -0.1) is 0 Å². The highest BCUT2D eigenvalue weighted by Gasteiger charge is 2.12. The van der Waals surface area contributed by atoms with Gasteiger partial charge < -0.3 is 15.2 Å². The van der Waals surface area contributed by atoms with Crippen LogP contribution >= 0.6 is 15.9 Å². The van der Waals surface area contributed by atoms with Crippen LogP contribution in [0.15, 0.2) is 29.0 Å². The lowest BCUT2D eigenvalue weighted by molar-refractivity contribution is 0.368. The number of ether oxygens (including phenoxy) is 2. The molecule has 1 heterocycles. The number of halogens is 1. The van der Waals surface area contributed by atoms with Gasteiger partial charge in [0.25, 0.3) is 5.88 Å². The van der Waals surface area contributed by atoms with Crippen LogP contribution in [0.2, 0.25) is 0 Å². The molecule has 0 bridgehead atoms. The number of hydrogen-bond acceptors (Lipinski definition) is 5. The van der Waals surface area contributed by atoms with Crippen molar-refractivity contribution in [1.29, 1.82) is 0 Å². The van der Waals surface area contributed by atoms with Gasteiger partial charge in [0.2, 0.25) is 5.75 Å². The van der Waals surface area contributed by atoms with E-state index in [1.807, 2.05) is 25.1 Å². The minimum absolute atomic E-state index is 0.247. The molecule has 0 unspecified atom stereocenters. The number of aryl methyl sites for hydroxylation is 1. The van der Waals surface area contributed by atoms with Gasteiger partial charge in [-0.05, 0) is 30.7 Å². The monoisotopic (exact) mass is 309 g/mol. The van der Waals surface area contributed by atoms with Crippen molar-refractivity contribution in [2.45, 2.75) is 6.92 Å². The maximum Gasteiger partial charge on any atom is 0.268 e. The Morgan fingerprint density at radius 1 is 1.28 bits per heavy atom. The summed E-state index contributed by atoms with van der Waals surface area (Å²) in [5, 5.41) is 0. The molecular weight excluding hydrogens is 298 g/mol. The fourth-order valence-corrected chi connectivity index (χ4v) is 1.94. The predicted octanol–water partition coefficient (Wildman–Crippen LogP) is 2.93. The highest BCUT2D eigenvalue weighted by Crippen LogP contribution is 2.34. The molecule has 1 aromatic heterocycles. The first-order valence-corrected chi connectivity index (χ1v) is 5.99. The van der Waals surface area contributed by atoms with Crippen LogP contribution in [-0.4, -0.2) is 17.1 Å². The third-order valence-corrected chi connectivity index (χ3v) is 2.84. The van der Waals surface area contributed by atoms with Crippen molar-refractivity contribution in [2.24, 2.45) is 0 Å². The molecule has 2 aromatic rings. The molecule has 2 rings (SSSR count). The molecule has 0 atom stereocenters. The van der Waals surface area contributed by atoms with Crippen LogP contribution in [0.5, 0.6) is 17.4 Å². The van der Waals surface area contributed by atoms with E-state index >= 15 is 0 Å². The molecular formula is C12H12BrN3O2. The molecule has 2 N–H and O–H groups in total. The Morgan fingerprint density at radius 3 is 2.72 bits per heavy atom. The number of aromatic nitrogens is 2. The minimum atomic E-state index is 0.247. The molecule has 0 amide bonds. The van der Waals surface area contributed by atoms with Crippen LogP contribution in [0.4, 0.5) is 5.82 Å². The molecule has 18 heavy (non-hydrogen) atoms. The van der Waals surface area contributed by atoms with Gasteiger partial charge in [0.05, 0.1) is 7.11 Å². The second-order valence-electron chi connectivity index (χ2n) is 3.61. The van der Waals surface area contributed by atoms with E-state index in [0.717, 1.165) is 10.0 Å². The standard InChI is InChI=1S/C12H12BrN3O2/c1-7-5-8(13)3-4-9(7)18-12-10(17-2)11(14)15-6-16-12/h3-6H,1-2H3,(H2,14,15,16). The molecule has 0 saturated heterocycles. The molecule has 1 aromatic carbocycles. The summed E-state index contributed by atoms with van der Waals surface area (Å²) in [6, 6.07) is 5.68. The molecule has 0 aliphatic heterocycles. The predicted molar refractivity (Wildman–Crippen MR) is 71.9 cm³/mol. The molecule has 0 spiro atoms. The van der Waals surface area contributed by atoms with Crippen LogP contribution in [0.3, 0.4) is 0 Å². The SMILES string of the molecule is COc1c(N)ncnc1Oc1ccc(Br)cc1C. The Balaban J connectivity index is 2.37. The summed E-state index contributed by atoms with van der Waals surface area (Å²) >= 11 is 3.40. The molecule has 5 nitrogen and oxygen atoms in total. The highest BCUT2D eigenvalue weighted by molar-refractivity contribution is 9.10. The lowest BCUT2D eigenvalue weighted by atomic mass is 10.2. The van der Waals surface area contributed by atoms with E-state index in [2.05, 4.69) is 25.9 Å². The fourth-order valence-electron chi connectivity index (χ4n) is 1.47. The zero-order valence-electron chi connectivity index (χ0n) is 9.98. The average Bonchev–Trinajstić information content (AvgIpc) is 2.33. The Morgan fingerprint density at radius 2 is 2.06 bits per heavy atom. The first kappa shape index (κ1) is 12.6. The van der Waals surface area contributed by atoms with E-state index in [9.17, 15) is 0 Å². The third kappa shape index (κ3) is 2.53. The van der Waals surface area contributed by atoms with Crippen molar-refractivity contribution in [2.75, 3.05) is 12.8 Å². The van der Waals surface area contributed by atoms with E-state index < -0.39 is 0 Å². The summed E-state index contributed by atoms with van der Waals surface area (Å²) in [5.74, 6) is 1.57. The summed E-state index contributed by atoms with van der Waals surface area (Å²) in [6.07, 6.45) is 1.33. The number of rotatable bonds is 3. The Labute approximate surface area is 113 Å². The zero-order valence-corrected chi connectivity index (χ0v) is 11.6. The smallest absolute Gasteiger partial charge is 0.268 e. The molecule has 0 saturated carbocycles. The normalized spacial score (nSPS) is 10.2. The van der Waals surface area contributed by atoms with Gasteiger partial charge in [-0.1, -0.05) is 15.9 Å². The van der Waals surface area contributed by atoms with Crippen molar-refractivity contribution in [1.82, 2.24) is 9.97 Å². The number of anilines is 1. The van der Waals surface area contributed by atoms with Gasteiger partial charge in [-0.25, -0.2) is 4.98 Å². The Bertz CT molecular complexity index is 575. The number of nitrogen functional groups attached to an aromatic ring is 1. The minimum Gasteiger partial charge on any atom is -0.489 e. The van der Waals surface area contributed by atoms with E-state index in [4.69, 9.17) is 15.2 Å². The van der Waals surface area contributed by atoms with Gasteiger partial charge in [-0.3, -0.25) is 0 Å². The number of hydrogen-bond donors (Lipinski definition) is 1. The quantitative estimate of drug-likeness (QED) is 0.944. The van der Waals surface area contributed by atoms with Gasteiger partial charge in [0.15, 0.2) is 5.82 Å². The van der Waals surface area contributed by atoms with E-state index in [0.29, 0.717) is 17.4 Å². The van der Waals surface area contributed by atoms with Crippen LogP contribution < -0.4 is 15.2 Å². The lowest BCUT2D eigenvalue weighted by Crippen LogP contribution is -2.00. The van der Waals surface area contributed by atoms with E-state index in [1.165, 1.54) is 13.4 Å². The van der Waals surface area contributed by atoms with Gasteiger partial charge >= 0.3 is 0 Å². The summed E-state index contributed by atoms with van der Waals surface area (Å²) in [4.78, 5) is 7.86. The van der Waals surface area contributed by atoms with Crippen LogP contribution in [0.25, 0.3) is 0 Å². The van der Waals surface area contributed by atoms with E-state index in [-0.39, 0.29) is 5.82 Å². The van der Waals surface area contributed by atoms with Crippen molar-refractivity contribution < 1.29 is 9.47 Å². The summed E-state index contributed by atoms with van der Waals surface area (Å²) in [5.41, 5.74) is 6.66. The maximum atomic E-state index is 5.69. The Kier molecular flexibility index (Phi) is 3.66. The number of nitrogens with zero attached hydrogens (tertiary/aromatic N) is 2. The Hall–Kier alpha value is -1.82. The third-order valence-electron chi connectivity index (χ3n) is 2.35. The maximum absolute atomic E-state index is 5.69. The lowest BCUT2D eigenvalue weighted by Gasteiger charge is -2.11. The molecule has 94 valence electrons. The molecule has 0 radical (unpaired) electrons. The number of nitrogens with two attached hydrogens (primary N) is 1. The van der Waals surface area contributed by atoms with Crippen molar-refractivity contribution in [3.63, 3.8) is 0 Å². The van der Waals surface area contributed by atoms with Crippen LogP contribution in [-0.2, 0) is 0 Å². The first-order valence-electron chi connectivity index (χ1n) is 5.20. The van der Waals surface area contributed by atoms with Crippen molar-refractivity contribution >= 4 is 21.7 Å². The summed E-state index contributed by atoms with van der Waals surface area (Å²) in [7, 11) is 1.50. The van der Waals surface area contributed by atoms with Gasteiger partial charge in [-0.2, -0.15) is 4.98 Å². The molecule has 0 aliphatic rings. The summed E-state index contributed by atoms with van der Waals surface area (Å²) in [6.45, 7) is 1.94. The second-order valence-corrected chi connectivity index (χ2v) is 4.52. The van der Waals surface area contributed by atoms with Crippen LogP contribution in [0.1, 0.15) is 5.56 Å². The topological polar surface area (TPSA) is 70.3 Å². The summed E-state index contributed by atoms with van der Waals surface area (Å²) < 4.78 is 11.8. The van der Waals surface area contributed by atoms with Gasteiger partial charge in [0.1, 0.15) is 12.1 Å². The zero-order chi connectivity index (χ0) is 13.1. The number of benzene rings is 1. The van der Waals surface area contributed by atoms with Crippen molar-refractivity contribution in [3.05, 3.63) is 34.6 Å². The van der Waals surface area contributed by atoms with Crippen LogP contribution in [0, 0.1) is 6.92 Å². The molecule has 0 fully saturated rings. The van der Waals surface area contributed by atoms with E-state index in [1.54, 1.807) is 0 Å². The highest BCUT2D eigenvalue weighted by atomic mass is 79.9. The molecule has 6 heteroatoms. The largest absolute Gasteiger partial charge is 0.489 e. The van der Waals surface area contributed by atoms with Gasteiger partial charge in [0, 0.05) is 4.47 Å². The fraction of sp³-hybridized carbons (Fsp3) is 0.167. The molecule has 0 aliphatic carbocycles. The second kappa shape index (κ2) is 5.22. The first-order chi connectivity index (χ1) is 8.61. The average molecular weight is 310 g/mol. The number of methoxy groups -OCH3 is 1. The van der Waals surface area contributed by atoms with Crippen molar-refractivity contribution in [3.8, 4) is 17.4 Å².